The van der Waals surface area contributed by atoms with E-state index >= 15 is 0 Å². The Morgan fingerprint density at radius 2 is 1.76 bits per heavy atom. The molecule has 0 aromatic carbocycles. The summed E-state index contributed by atoms with van der Waals surface area (Å²) in [5.41, 5.74) is 0.458. The second-order valence-electron chi connectivity index (χ2n) is 8.19. The molecular formula is C22H39N3O4. The molecule has 1 saturated heterocycles. The third-order valence-electron chi connectivity index (χ3n) is 5.65. The maximum atomic E-state index is 12.4. The Balaban J connectivity index is 1.67. The first-order valence-corrected chi connectivity index (χ1v) is 11.3. The first-order valence-electron chi connectivity index (χ1n) is 11.3. The van der Waals surface area contributed by atoms with Crippen LogP contribution in [0.4, 0.5) is 5.82 Å². The fourth-order valence-electron chi connectivity index (χ4n) is 3.82. The van der Waals surface area contributed by atoms with Gasteiger partial charge >= 0.3 is 5.69 Å². The molecule has 0 radical (unpaired) electrons. The lowest BCUT2D eigenvalue weighted by molar-refractivity contribution is -0.0459. The molecule has 29 heavy (non-hydrogen) atoms. The molecule has 7 nitrogen and oxygen atoms in total. The van der Waals surface area contributed by atoms with Gasteiger partial charge in [-0.1, -0.05) is 64.7 Å². The molecule has 0 unspecified atom stereocenters. The molecule has 1 aliphatic rings. The number of anilines is 1. The number of aryl methyl sites for hydroxylation is 1. The highest BCUT2D eigenvalue weighted by atomic mass is 16.5. The fraction of sp³-hybridized carbons (Fsp3) is 0.818. The minimum Gasteiger partial charge on any atom is -0.394 e. The van der Waals surface area contributed by atoms with Gasteiger partial charge in [-0.2, -0.15) is 4.98 Å². The molecular weight excluding hydrogens is 370 g/mol. The van der Waals surface area contributed by atoms with Gasteiger partial charge in [0, 0.05) is 24.7 Å². The van der Waals surface area contributed by atoms with Crippen molar-refractivity contribution in [3.8, 4) is 0 Å². The molecule has 0 bridgehead atoms. The molecule has 2 rings (SSSR count). The van der Waals surface area contributed by atoms with E-state index in [1.165, 1.54) is 62.4 Å². The Labute approximate surface area is 174 Å². The molecule has 0 amide bonds. The summed E-state index contributed by atoms with van der Waals surface area (Å²) in [5, 5.41) is 22.3. The lowest BCUT2D eigenvalue weighted by Gasteiger charge is -2.16. The zero-order chi connectivity index (χ0) is 21.1. The SMILES string of the molecule is CCCCCCCCCCCCNc1nc(=O)n([C@H]2C[C@H](O)[C@@H](CO)O2)cc1C. The van der Waals surface area contributed by atoms with Crippen molar-refractivity contribution in [2.75, 3.05) is 18.5 Å². The van der Waals surface area contributed by atoms with Gasteiger partial charge in [-0.3, -0.25) is 4.57 Å². The van der Waals surface area contributed by atoms with Crippen molar-refractivity contribution in [2.45, 2.75) is 103 Å². The van der Waals surface area contributed by atoms with Gasteiger partial charge in [0.15, 0.2) is 0 Å². The number of aromatic nitrogens is 2. The van der Waals surface area contributed by atoms with E-state index in [0.29, 0.717) is 5.82 Å². The van der Waals surface area contributed by atoms with Crippen molar-refractivity contribution in [3.05, 3.63) is 22.2 Å². The largest absolute Gasteiger partial charge is 0.394 e. The maximum absolute atomic E-state index is 12.4. The number of aliphatic hydroxyl groups is 2. The predicted molar refractivity (Wildman–Crippen MR) is 115 cm³/mol. The molecule has 7 heteroatoms. The lowest BCUT2D eigenvalue weighted by atomic mass is 10.1. The summed E-state index contributed by atoms with van der Waals surface area (Å²) in [5.74, 6) is 0.611. The van der Waals surface area contributed by atoms with Crippen molar-refractivity contribution in [3.63, 3.8) is 0 Å². The molecule has 1 fully saturated rings. The van der Waals surface area contributed by atoms with Crippen LogP contribution in [0.15, 0.2) is 11.0 Å². The Bertz CT molecular complexity index is 649. The predicted octanol–water partition coefficient (Wildman–Crippen LogP) is 3.53. The summed E-state index contributed by atoms with van der Waals surface area (Å²) in [7, 11) is 0. The number of nitrogens with zero attached hydrogens (tertiary/aromatic N) is 2. The zero-order valence-corrected chi connectivity index (χ0v) is 18.1. The highest BCUT2D eigenvalue weighted by molar-refractivity contribution is 5.41. The number of nitrogens with one attached hydrogen (secondary N) is 1. The van der Waals surface area contributed by atoms with Gasteiger partial charge in [-0.25, -0.2) is 4.79 Å². The molecule has 2 heterocycles. The van der Waals surface area contributed by atoms with E-state index in [-0.39, 0.29) is 13.0 Å². The summed E-state index contributed by atoms with van der Waals surface area (Å²) in [6, 6.07) is 0. The molecule has 0 saturated carbocycles. The van der Waals surface area contributed by atoms with Crippen LogP contribution in [0.3, 0.4) is 0 Å². The van der Waals surface area contributed by atoms with Crippen LogP contribution in [0.2, 0.25) is 0 Å². The van der Waals surface area contributed by atoms with Gasteiger partial charge in [-0.15, -0.1) is 0 Å². The third-order valence-corrected chi connectivity index (χ3v) is 5.65. The van der Waals surface area contributed by atoms with E-state index in [9.17, 15) is 15.0 Å². The highest BCUT2D eigenvalue weighted by Crippen LogP contribution is 2.27. The molecule has 3 atom stereocenters. The molecule has 1 aromatic heterocycles. The van der Waals surface area contributed by atoms with Crippen LogP contribution in [0.5, 0.6) is 0 Å². The summed E-state index contributed by atoms with van der Waals surface area (Å²) in [4.78, 5) is 16.5. The first-order chi connectivity index (χ1) is 14.1. The fourth-order valence-corrected chi connectivity index (χ4v) is 3.82. The van der Waals surface area contributed by atoms with Gasteiger partial charge in [-0.05, 0) is 13.3 Å². The van der Waals surface area contributed by atoms with Gasteiger partial charge in [0.25, 0.3) is 0 Å². The Kier molecular flexibility index (Phi) is 10.7. The van der Waals surface area contributed by atoms with Gasteiger partial charge < -0.3 is 20.3 Å². The Hall–Kier alpha value is -1.44. The van der Waals surface area contributed by atoms with E-state index in [1.807, 2.05) is 6.92 Å². The molecule has 1 aliphatic heterocycles. The number of aliphatic hydroxyl groups excluding tert-OH is 2. The van der Waals surface area contributed by atoms with Crippen LogP contribution in [-0.4, -0.2) is 45.1 Å². The van der Waals surface area contributed by atoms with Crippen LogP contribution in [-0.2, 0) is 4.74 Å². The summed E-state index contributed by atoms with van der Waals surface area (Å²) in [6.07, 6.45) is 12.9. The van der Waals surface area contributed by atoms with Crippen molar-refractivity contribution in [2.24, 2.45) is 0 Å². The van der Waals surface area contributed by atoms with E-state index < -0.39 is 24.1 Å². The molecule has 3 N–H and O–H groups in total. The number of hydrogen-bond donors (Lipinski definition) is 3. The summed E-state index contributed by atoms with van der Waals surface area (Å²) >= 11 is 0. The normalized spacial score (nSPS) is 21.6. The summed E-state index contributed by atoms with van der Waals surface area (Å²) < 4.78 is 6.96. The third kappa shape index (κ3) is 7.72. The van der Waals surface area contributed by atoms with Crippen LogP contribution in [0.25, 0.3) is 0 Å². The summed E-state index contributed by atoms with van der Waals surface area (Å²) in [6.45, 7) is 4.69. The van der Waals surface area contributed by atoms with Crippen molar-refractivity contribution in [1.29, 1.82) is 0 Å². The smallest absolute Gasteiger partial charge is 0.351 e. The number of rotatable bonds is 14. The number of hydrogen-bond acceptors (Lipinski definition) is 6. The maximum Gasteiger partial charge on any atom is 0.351 e. The minimum absolute atomic E-state index is 0.267. The van der Waals surface area contributed by atoms with E-state index in [1.54, 1.807) is 6.20 Å². The van der Waals surface area contributed by atoms with Crippen LogP contribution in [0.1, 0.15) is 89.3 Å². The van der Waals surface area contributed by atoms with Crippen molar-refractivity contribution in [1.82, 2.24) is 9.55 Å². The molecule has 166 valence electrons. The number of unbranched alkanes of at least 4 members (excludes halogenated alkanes) is 9. The highest BCUT2D eigenvalue weighted by Gasteiger charge is 2.35. The molecule has 0 spiro atoms. The average Bonchev–Trinajstić information content (AvgIpc) is 3.08. The second-order valence-corrected chi connectivity index (χ2v) is 8.19. The Morgan fingerprint density at radius 3 is 2.34 bits per heavy atom. The van der Waals surface area contributed by atoms with E-state index in [4.69, 9.17) is 4.74 Å². The van der Waals surface area contributed by atoms with Gasteiger partial charge in [0.1, 0.15) is 18.1 Å². The van der Waals surface area contributed by atoms with Gasteiger partial charge in [0.2, 0.25) is 0 Å². The van der Waals surface area contributed by atoms with Crippen LogP contribution >= 0.6 is 0 Å². The van der Waals surface area contributed by atoms with Crippen molar-refractivity contribution < 1.29 is 14.9 Å². The second kappa shape index (κ2) is 13.0. The minimum atomic E-state index is -0.772. The van der Waals surface area contributed by atoms with E-state index in [2.05, 4.69) is 17.2 Å². The van der Waals surface area contributed by atoms with Crippen LogP contribution in [0, 0.1) is 6.92 Å². The Morgan fingerprint density at radius 1 is 1.14 bits per heavy atom. The zero-order valence-electron chi connectivity index (χ0n) is 18.1. The van der Waals surface area contributed by atoms with Crippen molar-refractivity contribution >= 4 is 5.82 Å². The quantitative estimate of drug-likeness (QED) is 0.407. The average molecular weight is 410 g/mol. The monoisotopic (exact) mass is 409 g/mol. The van der Waals surface area contributed by atoms with Gasteiger partial charge in [0.05, 0.1) is 12.7 Å². The van der Waals surface area contributed by atoms with Crippen LogP contribution < -0.4 is 11.0 Å². The number of ether oxygens (including phenoxy) is 1. The topological polar surface area (TPSA) is 96.6 Å². The standard InChI is InChI=1S/C22H39N3O4/c1-3-4-5-6-7-8-9-10-11-12-13-23-21-17(2)15-25(22(28)24-21)20-14-18(27)19(16-26)29-20/h15,18-20,26-27H,3-14,16H2,1-2H3,(H,23,24,28)/t18-,19+,20+/m0/s1. The van der Waals surface area contributed by atoms with E-state index in [0.717, 1.165) is 18.5 Å². The molecule has 0 aliphatic carbocycles. The lowest BCUT2D eigenvalue weighted by Crippen LogP contribution is -2.29. The first kappa shape index (κ1) is 23.8. The molecule has 1 aromatic rings.